The van der Waals surface area contributed by atoms with Gasteiger partial charge in [-0.2, -0.15) is 0 Å². The highest BCUT2D eigenvalue weighted by atomic mass is 16.8. The molecular formula is C61H64O11. The Hall–Kier alpha value is -5.90. The number of aliphatic hydroxyl groups excluding tert-OH is 1. The van der Waals surface area contributed by atoms with Crippen LogP contribution >= 0.6 is 0 Å². The molecule has 7 aromatic carbocycles. The highest BCUT2D eigenvalue weighted by Gasteiger charge is 2.54. The van der Waals surface area contributed by atoms with Crippen molar-refractivity contribution in [2.24, 2.45) is 0 Å². The van der Waals surface area contributed by atoms with Gasteiger partial charge in [0.15, 0.2) is 12.6 Å². The van der Waals surface area contributed by atoms with Gasteiger partial charge in [-0.1, -0.05) is 212 Å². The molecule has 72 heavy (non-hydrogen) atoms. The molecule has 0 aromatic heterocycles. The average molecular weight is 973 g/mol. The lowest BCUT2D eigenvalue weighted by Gasteiger charge is -2.49. The lowest BCUT2D eigenvalue weighted by molar-refractivity contribution is -0.374. The maximum atomic E-state index is 12.0. The van der Waals surface area contributed by atoms with Crippen LogP contribution in [0.3, 0.4) is 0 Å². The zero-order chi connectivity index (χ0) is 49.0. The molecule has 0 spiro atoms. The van der Waals surface area contributed by atoms with E-state index in [1.165, 1.54) is 0 Å². The number of hydrogen-bond donors (Lipinski definition) is 1. The van der Waals surface area contributed by atoms with Gasteiger partial charge in [0, 0.05) is 0 Å². The summed E-state index contributed by atoms with van der Waals surface area (Å²) >= 11 is 0. The summed E-state index contributed by atoms with van der Waals surface area (Å²) in [6.45, 7) is 1.91. The first-order valence-corrected chi connectivity index (χ1v) is 24.8. The monoisotopic (exact) mass is 972 g/mol. The molecule has 2 heterocycles. The molecular weight excluding hydrogens is 909 g/mol. The summed E-state index contributed by atoms with van der Waals surface area (Å²) in [6, 6.07) is 69.6. The van der Waals surface area contributed by atoms with Gasteiger partial charge >= 0.3 is 0 Å². The number of benzene rings is 7. The van der Waals surface area contributed by atoms with Crippen LogP contribution in [0.1, 0.15) is 38.9 Å². The van der Waals surface area contributed by atoms with Gasteiger partial charge in [-0.25, -0.2) is 0 Å². The van der Waals surface area contributed by atoms with E-state index < -0.39 is 61.4 Å². The predicted molar refractivity (Wildman–Crippen MR) is 272 cm³/mol. The highest BCUT2D eigenvalue weighted by molar-refractivity contribution is 5.19. The SMILES string of the molecule is O[C@H]1O[C@H](COCc2ccccc2)[C@@H](O[C@@H]2O[C@@H](COCc3ccccc3)[C@@H](OCc3ccccc3)[C@H](OCc3ccccc3)[C@@H]2OCc2ccccc2)[C@H](OCc2ccccc2)[C@H]1OCc1ccccc1. The molecule has 2 saturated heterocycles. The number of aliphatic hydroxyl groups is 1. The molecule has 0 amide bonds. The fourth-order valence-corrected chi connectivity index (χ4v) is 8.97. The second-order valence-electron chi connectivity index (χ2n) is 18.0. The molecule has 11 nitrogen and oxygen atoms in total. The third-order valence-electron chi connectivity index (χ3n) is 12.7. The lowest BCUT2D eigenvalue weighted by Crippen LogP contribution is -2.66. The second-order valence-corrected chi connectivity index (χ2v) is 18.0. The average Bonchev–Trinajstić information content (AvgIpc) is 3.43. The molecule has 0 bridgehead atoms. The molecule has 0 saturated carbocycles. The Kier molecular flexibility index (Phi) is 19.3. The van der Waals surface area contributed by atoms with Crippen molar-refractivity contribution in [1.29, 1.82) is 0 Å². The molecule has 2 aliphatic heterocycles. The molecule has 10 atom stereocenters. The van der Waals surface area contributed by atoms with E-state index in [1.807, 2.05) is 212 Å². The molecule has 7 aromatic rings. The molecule has 2 aliphatic rings. The van der Waals surface area contributed by atoms with Gasteiger partial charge < -0.3 is 52.5 Å². The number of rotatable bonds is 25. The van der Waals surface area contributed by atoms with Gasteiger partial charge in [0.2, 0.25) is 0 Å². The van der Waals surface area contributed by atoms with Gasteiger partial charge in [-0.15, -0.1) is 0 Å². The first-order valence-electron chi connectivity index (χ1n) is 24.8. The van der Waals surface area contributed by atoms with Gasteiger partial charge in [0.1, 0.15) is 48.8 Å². The van der Waals surface area contributed by atoms with Crippen LogP contribution in [-0.4, -0.2) is 79.7 Å². The van der Waals surface area contributed by atoms with Crippen LogP contribution in [0.2, 0.25) is 0 Å². The second kappa shape index (κ2) is 27.2. The molecule has 374 valence electrons. The third kappa shape index (κ3) is 14.8. The van der Waals surface area contributed by atoms with Crippen molar-refractivity contribution >= 4 is 0 Å². The van der Waals surface area contributed by atoms with Crippen molar-refractivity contribution in [2.45, 2.75) is 108 Å². The maximum Gasteiger partial charge on any atom is 0.187 e. The highest BCUT2D eigenvalue weighted by Crippen LogP contribution is 2.36. The smallest absolute Gasteiger partial charge is 0.187 e. The fourth-order valence-electron chi connectivity index (χ4n) is 8.97. The number of ether oxygens (including phenoxy) is 10. The molecule has 9 rings (SSSR count). The zero-order valence-electron chi connectivity index (χ0n) is 40.4. The summed E-state index contributed by atoms with van der Waals surface area (Å²) in [5, 5.41) is 12.0. The first kappa shape index (κ1) is 51.0. The molecule has 11 heteroatoms. The minimum absolute atomic E-state index is 0.0375. The molecule has 0 radical (unpaired) electrons. The van der Waals surface area contributed by atoms with Crippen LogP contribution in [-0.2, 0) is 93.6 Å². The summed E-state index contributed by atoms with van der Waals surface area (Å²) in [4.78, 5) is 0. The van der Waals surface area contributed by atoms with Crippen LogP contribution < -0.4 is 0 Å². The van der Waals surface area contributed by atoms with Gasteiger partial charge in [-0.05, 0) is 38.9 Å². The topological polar surface area (TPSA) is 113 Å². The summed E-state index contributed by atoms with van der Waals surface area (Å²) in [5.74, 6) is 0. The first-order chi connectivity index (χ1) is 35.6. The van der Waals surface area contributed by atoms with E-state index in [0.717, 1.165) is 38.9 Å². The van der Waals surface area contributed by atoms with Crippen LogP contribution in [0.4, 0.5) is 0 Å². The van der Waals surface area contributed by atoms with Crippen molar-refractivity contribution < 1.29 is 52.5 Å². The Morgan fingerprint density at radius 3 is 0.931 bits per heavy atom. The minimum atomic E-state index is -1.41. The summed E-state index contributed by atoms with van der Waals surface area (Å²) in [5.41, 5.74) is 6.75. The lowest BCUT2D eigenvalue weighted by atomic mass is 9.95. The Bertz CT molecular complexity index is 2550. The quantitative estimate of drug-likeness (QED) is 0.0591. The summed E-state index contributed by atoms with van der Waals surface area (Å²) in [6.07, 6.45) is -9.37. The Labute approximate surface area is 423 Å². The van der Waals surface area contributed by atoms with E-state index in [9.17, 15) is 5.11 Å². The molecule has 0 unspecified atom stereocenters. The van der Waals surface area contributed by atoms with Gasteiger partial charge in [0.25, 0.3) is 0 Å². The minimum Gasteiger partial charge on any atom is -0.374 e. The number of hydrogen-bond acceptors (Lipinski definition) is 11. The Balaban J connectivity index is 1.10. The Morgan fingerprint density at radius 2 is 0.569 bits per heavy atom. The predicted octanol–water partition coefficient (Wildman–Crippen LogP) is 10.2. The van der Waals surface area contributed by atoms with Crippen LogP contribution in [0.25, 0.3) is 0 Å². The van der Waals surface area contributed by atoms with Crippen molar-refractivity contribution in [3.8, 4) is 0 Å². The standard InChI is InChI=1S/C61H64O11/c62-60-58(68-41-50-32-18-6-19-33-50)57(67-40-49-30-16-5-17-31-49)55(53(70-60)44-64-37-46-24-10-2-11-25-46)72-61-59(69-42-51-34-20-7-21-35-51)56(66-39-48-28-14-4-15-29-48)54(65-38-47-26-12-3-13-27-47)52(71-61)43-63-36-45-22-8-1-9-23-45/h1-35,52-62H,36-44H2/t52-,53+,54+,55+,56-,57-,58+,59-,60-,61-/m0/s1. The molecule has 1 N–H and O–H groups in total. The van der Waals surface area contributed by atoms with E-state index >= 15 is 0 Å². The third-order valence-corrected chi connectivity index (χ3v) is 12.7. The maximum absolute atomic E-state index is 12.0. The summed E-state index contributed by atoms with van der Waals surface area (Å²) in [7, 11) is 0. The van der Waals surface area contributed by atoms with E-state index in [0.29, 0.717) is 13.2 Å². The zero-order valence-corrected chi connectivity index (χ0v) is 40.4. The van der Waals surface area contributed by atoms with Gasteiger partial charge in [-0.3, -0.25) is 0 Å². The Morgan fingerprint density at radius 1 is 0.292 bits per heavy atom. The molecule has 0 aliphatic carbocycles. The van der Waals surface area contributed by atoms with Crippen molar-refractivity contribution in [1.82, 2.24) is 0 Å². The largest absolute Gasteiger partial charge is 0.374 e. The van der Waals surface area contributed by atoms with Crippen molar-refractivity contribution in [3.05, 3.63) is 251 Å². The van der Waals surface area contributed by atoms with E-state index in [-0.39, 0.29) is 46.2 Å². The van der Waals surface area contributed by atoms with Crippen LogP contribution in [0.15, 0.2) is 212 Å². The summed E-state index contributed by atoms with van der Waals surface area (Å²) < 4.78 is 68.6. The van der Waals surface area contributed by atoms with Crippen molar-refractivity contribution in [2.75, 3.05) is 13.2 Å². The van der Waals surface area contributed by atoms with E-state index in [2.05, 4.69) is 0 Å². The normalized spacial score (nSPS) is 24.2. The van der Waals surface area contributed by atoms with Gasteiger partial charge in [0.05, 0.1) is 59.5 Å². The van der Waals surface area contributed by atoms with Crippen LogP contribution in [0.5, 0.6) is 0 Å². The van der Waals surface area contributed by atoms with E-state index in [1.54, 1.807) is 0 Å². The molecule has 2 fully saturated rings. The van der Waals surface area contributed by atoms with Crippen LogP contribution in [0, 0.1) is 0 Å². The fraction of sp³-hybridized carbons (Fsp3) is 0.311. The van der Waals surface area contributed by atoms with Crippen molar-refractivity contribution in [3.63, 3.8) is 0 Å². The van der Waals surface area contributed by atoms with E-state index in [4.69, 9.17) is 47.4 Å².